The molecule has 1 heterocycles. The number of carbonyl (C=O) groups excluding carboxylic acids is 1. The van der Waals surface area contributed by atoms with E-state index in [4.69, 9.17) is 11.6 Å². The van der Waals surface area contributed by atoms with Gasteiger partial charge in [0.05, 0.1) is 4.92 Å². The van der Waals surface area contributed by atoms with Crippen LogP contribution in [0.2, 0.25) is 5.15 Å². The molecule has 0 aliphatic heterocycles. The molecule has 1 amide bonds. The predicted octanol–water partition coefficient (Wildman–Crippen LogP) is 3.11. The first-order valence-corrected chi connectivity index (χ1v) is 6.23. The number of rotatable bonds is 6. The maximum absolute atomic E-state index is 11.9. The normalized spacial score (nSPS) is 11.2. The number of nitrogens with one attached hydrogen (secondary N) is 1. The van der Waals surface area contributed by atoms with Crippen LogP contribution in [0.3, 0.4) is 0 Å². The van der Waals surface area contributed by atoms with Gasteiger partial charge in [0, 0.05) is 13.0 Å². The lowest BCUT2D eigenvalue weighted by Crippen LogP contribution is -2.25. The van der Waals surface area contributed by atoms with E-state index in [1.807, 2.05) is 0 Å². The molecule has 6 nitrogen and oxygen atoms in total. The Morgan fingerprint density at radius 1 is 1.43 bits per heavy atom. The van der Waals surface area contributed by atoms with Crippen molar-refractivity contribution in [1.82, 2.24) is 10.3 Å². The zero-order valence-corrected chi connectivity index (χ0v) is 11.4. The number of hydrogen-bond acceptors (Lipinski definition) is 4. The number of halogens is 4. The van der Waals surface area contributed by atoms with Crippen LogP contribution in [0, 0.1) is 10.1 Å². The highest BCUT2D eigenvalue weighted by Crippen LogP contribution is 2.22. The van der Waals surface area contributed by atoms with Crippen molar-refractivity contribution in [2.24, 2.45) is 0 Å². The van der Waals surface area contributed by atoms with Gasteiger partial charge >= 0.3 is 6.18 Å². The minimum absolute atomic E-state index is 0.0218. The van der Waals surface area contributed by atoms with Gasteiger partial charge in [-0.05, 0) is 18.9 Å². The second-order valence-electron chi connectivity index (χ2n) is 4.11. The van der Waals surface area contributed by atoms with Crippen LogP contribution < -0.4 is 5.32 Å². The Balaban J connectivity index is 2.56. The quantitative estimate of drug-likeness (QED) is 0.377. The third-order valence-electron chi connectivity index (χ3n) is 2.46. The molecule has 0 unspecified atom stereocenters. The van der Waals surface area contributed by atoms with E-state index in [-0.39, 0.29) is 30.1 Å². The molecule has 1 aromatic rings. The van der Waals surface area contributed by atoms with Crippen LogP contribution in [0.15, 0.2) is 12.3 Å². The number of aromatic nitrogens is 1. The van der Waals surface area contributed by atoms with Gasteiger partial charge in [0.2, 0.25) is 0 Å². The van der Waals surface area contributed by atoms with Crippen molar-refractivity contribution >= 4 is 23.2 Å². The summed E-state index contributed by atoms with van der Waals surface area (Å²) in [6.45, 7) is -0.0218. The van der Waals surface area contributed by atoms with Crippen LogP contribution in [0.4, 0.5) is 18.9 Å². The lowest BCUT2D eigenvalue weighted by molar-refractivity contribution is -0.385. The van der Waals surface area contributed by atoms with E-state index in [0.29, 0.717) is 0 Å². The molecule has 0 saturated heterocycles. The van der Waals surface area contributed by atoms with Gasteiger partial charge < -0.3 is 5.32 Å². The molecule has 0 aromatic carbocycles. The molecule has 0 bridgehead atoms. The second kappa shape index (κ2) is 7.21. The zero-order valence-electron chi connectivity index (χ0n) is 10.6. The van der Waals surface area contributed by atoms with E-state index in [1.165, 1.54) is 0 Å². The van der Waals surface area contributed by atoms with Gasteiger partial charge in [0.25, 0.3) is 11.6 Å². The average Bonchev–Trinajstić information content (AvgIpc) is 2.36. The second-order valence-corrected chi connectivity index (χ2v) is 4.50. The smallest absolute Gasteiger partial charge is 0.352 e. The molecule has 0 spiro atoms. The fourth-order valence-corrected chi connectivity index (χ4v) is 1.66. The summed E-state index contributed by atoms with van der Waals surface area (Å²) < 4.78 is 35.7. The van der Waals surface area contributed by atoms with Gasteiger partial charge in [-0.15, -0.1) is 0 Å². The fraction of sp³-hybridized carbons (Fsp3) is 0.455. The van der Waals surface area contributed by atoms with Crippen molar-refractivity contribution in [2.45, 2.75) is 25.4 Å². The van der Waals surface area contributed by atoms with E-state index in [2.05, 4.69) is 10.3 Å². The van der Waals surface area contributed by atoms with E-state index in [9.17, 15) is 28.1 Å². The summed E-state index contributed by atoms with van der Waals surface area (Å²) in [7, 11) is 0. The molecule has 116 valence electrons. The van der Waals surface area contributed by atoms with E-state index >= 15 is 0 Å². The standard InChI is InChI=1S/C11H11ClF3N3O3/c12-9-5-7(8(6-17-9)18(20)21)10(19)16-4-2-1-3-11(13,14)15/h5-6H,1-4H2,(H,16,19). The van der Waals surface area contributed by atoms with Crippen molar-refractivity contribution in [3.05, 3.63) is 33.1 Å². The number of nitro groups is 1. The van der Waals surface area contributed by atoms with E-state index < -0.39 is 29.1 Å². The van der Waals surface area contributed by atoms with Crippen molar-refractivity contribution in [3.63, 3.8) is 0 Å². The highest BCUT2D eigenvalue weighted by molar-refractivity contribution is 6.29. The van der Waals surface area contributed by atoms with Crippen LogP contribution in [0.5, 0.6) is 0 Å². The van der Waals surface area contributed by atoms with Crippen LogP contribution in [0.1, 0.15) is 29.6 Å². The summed E-state index contributed by atoms with van der Waals surface area (Å²) in [5.74, 6) is -0.780. The zero-order chi connectivity index (χ0) is 16.0. The third-order valence-corrected chi connectivity index (χ3v) is 2.67. The summed E-state index contributed by atoms with van der Waals surface area (Å²) in [5.41, 5.74) is -0.803. The highest BCUT2D eigenvalue weighted by atomic mass is 35.5. The number of amides is 1. The molecule has 1 rings (SSSR count). The van der Waals surface area contributed by atoms with Gasteiger partial charge in [-0.2, -0.15) is 13.2 Å². The molecular weight excluding hydrogens is 315 g/mol. The predicted molar refractivity (Wildman–Crippen MR) is 68.1 cm³/mol. The van der Waals surface area contributed by atoms with Crippen LogP contribution in [0.25, 0.3) is 0 Å². The summed E-state index contributed by atoms with van der Waals surface area (Å²) in [6, 6.07) is 1.03. The Morgan fingerprint density at radius 3 is 2.67 bits per heavy atom. The first-order chi connectivity index (χ1) is 9.70. The number of nitrogens with zero attached hydrogens (tertiary/aromatic N) is 2. The van der Waals surface area contributed by atoms with Crippen LogP contribution in [-0.4, -0.2) is 28.5 Å². The van der Waals surface area contributed by atoms with Crippen molar-refractivity contribution < 1.29 is 22.9 Å². The monoisotopic (exact) mass is 325 g/mol. The number of carbonyl (C=O) groups is 1. The summed E-state index contributed by atoms with van der Waals surface area (Å²) in [6.07, 6.45) is -4.35. The molecule has 0 saturated carbocycles. The minimum Gasteiger partial charge on any atom is -0.352 e. The molecule has 21 heavy (non-hydrogen) atoms. The van der Waals surface area contributed by atoms with E-state index in [1.54, 1.807) is 0 Å². The van der Waals surface area contributed by atoms with Gasteiger partial charge in [0.15, 0.2) is 0 Å². The largest absolute Gasteiger partial charge is 0.389 e. The molecule has 10 heteroatoms. The maximum atomic E-state index is 11.9. The highest BCUT2D eigenvalue weighted by Gasteiger charge is 2.26. The minimum atomic E-state index is -4.23. The first-order valence-electron chi connectivity index (χ1n) is 5.85. The first kappa shape index (κ1) is 17.2. The Morgan fingerprint density at radius 2 is 2.10 bits per heavy atom. The number of pyridine rings is 1. The van der Waals surface area contributed by atoms with E-state index in [0.717, 1.165) is 12.3 Å². The Kier molecular flexibility index (Phi) is 5.89. The Hall–Kier alpha value is -1.90. The SMILES string of the molecule is O=C(NCCCCC(F)(F)F)c1cc(Cl)ncc1[N+](=O)[O-]. The van der Waals surface area contributed by atoms with Crippen molar-refractivity contribution in [1.29, 1.82) is 0 Å². The van der Waals surface area contributed by atoms with Gasteiger partial charge in [0.1, 0.15) is 16.9 Å². The van der Waals surface area contributed by atoms with Gasteiger partial charge in [-0.3, -0.25) is 14.9 Å². The van der Waals surface area contributed by atoms with Gasteiger partial charge in [-0.25, -0.2) is 4.98 Å². The van der Waals surface area contributed by atoms with Crippen LogP contribution in [-0.2, 0) is 0 Å². The molecule has 0 atom stereocenters. The number of unbranched alkanes of at least 4 members (excludes halogenated alkanes) is 1. The lowest BCUT2D eigenvalue weighted by atomic mass is 10.2. The Labute approximate surface area is 122 Å². The molecular formula is C11H11ClF3N3O3. The van der Waals surface area contributed by atoms with Crippen molar-refractivity contribution in [2.75, 3.05) is 6.54 Å². The maximum Gasteiger partial charge on any atom is 0.389 e. The van der Waals surface area contributed by atoms with Gasteiger partial charge in [-0.1, -0.05) is 11.6 Å². The van der Waals surface area contributed by atoms with Crippen molar-refractivity contribution in [3.8, 4) is 0 Å². The fourth-order valence-electron chi connectivity index (χ4n) is 1.50. The Bertz CT molecular complexity index is 537. The number of hydrogen-bond donors (Lipinski definition) is 1. The molecule has 0 aliphatic rings. The summed E-state index contributed by atoms with van der Waals surface area (Å²) in [4.78, 5) is 25.2. The molecule has 0 fully saturated rings. The third kappa shape index (κ3) is 5.94. The molecule has 0 aliphatic carbocycles. The molecule has 1 aromatic heterocycles. The summed E-state index contributed by atoms with van der Waals surface area (Å²) in [5, 5.41) is 13.0. The molecule has 0 radical (unpaired) electrons. The van der Waals surface area contributed by atoms with Crippen LogP contribution >= 0.6 is 11.6 Å². The lowest BCUT2D eigenvalue weighted by Gasteiger charge is -2.07. The topological polar surface area (TPSA) is 85.1 Å². The number of alkyl halides is 3. The summed E-state index contributed by atoms with van der Waals surface area (Å²) >= 11 is 5.56. The molecule has 1 N–H and O–H groups in total. The average molecular weight is 326 g/mol.